The number of nitrogens with zero attached hydrogens (tertiary/aromatic N) is 1. The molecule has 7 heteroatoms. The lowest BCUT2D eigenvalue weighted by molar-refractivity contribution is -0.119. The maximum Gasteiger partial charge on any atom is 0.264 e. The van der Waals surface area contributed by atoms with Crippen molar-refractivity contribution < 1.29 is 17.9 Å². The van der Waals surface area contributed by atoms with Gasteiger partial charge >= 0.3 is 0 Å². The number of nitrogens with one attached hydrogen (secondary N) is 1. The second-order valence-corrected chi connectivity index (χ2v) is 9.60. The number of carbonyl (C=O) groups is 1. The first-order chi connectivity index (χ1) is 14.1. The zero-order valence-electron chi connectivity index (χ0n) is 18.4. The van der Waals surface area contributed by atoms with Crippen LogP contribution in [-0.4, -0.2) is 40.1 Å². The van der Waals surface area contributed by atoms with Gasteiger partial charge in [-0.3, -0.25) is 9.10 Å². The van der Waals surface area contributed by atoms with E-state index in [-0.39, 0.29) is 23.5 Å². The maximum absolute atomic E-state index is 13.4. The van der Waals surface area contributed by atoms with Crippen LogP contribution in [0.1, 0.15) is 37.0 Å². The Morgan fingerprint density at radius 1 is 1.03 bits per heavy atom. The zero-order valence-corrected chi connectivity index (χ0v) is 19.3. The molecule has 0 atom stereocenters. The fraction of sp³-hybridized carbons (Fsp3) is 0.435. The summed E-state index contributed by atoms with van der Waals surface area (Å²) in [6.07, 6.45) is 0.804. The summed E-state index contributed by atoms with van der Waals surface area (Å²) in [6.45, 7) is 10.3. The molecule has 0 heterocycles. The molecule has 0 saturated carbocycles. The van der Waals surface area contributed by atoms with Crippen LogP contribution in [0.15, 0.2) is 47.4 Å². The SMILES string of the molecule is Cc1ccc(S(=O)(=O)N(CC(=O)NCCCOC(C)C)c2ccc(C)cc2C)cc1. The normalized spacial score (nSPS) is 11.5. The van der Waals surface area contributed by atoms with E-state index in [0.29, 0.717) is 25.3 Å². The molecule has 1 amide bonds. The Labute approximate surface area is 180 Å². The van der Waals surface area contributed by atoms with Crippen molar-refractivity contribution in [3.63, 3.8) is 0 Å². The molecular formula is C23H32N2O4S. The highest BCUT2D eigenvalue weighted by molar-refractivity contribution is 7.92. The molecule has 1 N–H and O–H groups in total. The van der Waals surface area contributed by atoms with Gasteiger partial charge in [0.15, 0.2) is 0 Å². The van der Waals surface area contributed by atoms with E-state index in [9.17, 15) is 13.2 Å². The molecule has 0 radical (unpaired) electrons. The van der Waals surface area contributed by atoms with Crippen LogP contribution in [0.25, 0.3) is 0 Å². The molecule has 6 nitrogen and oxygen atoms in total. The van der Waals surface area contributed by atoms with Gasteiger partial charge in [0.25, 0.3) is 10.0 Å². The van der Waals surface area contributed by atoms with Crippen molar-refractivity contribution in [1.29, 1.82) is 0 Å². The number of benzene rings is 2. The minimum absolute atomic E-state index is 0.139. The molecule has 2 aromatic rings. The molecule has 0 aliphatic rings. The lowest BCUT2D eigenvalue weighted by Crippen LogP contribution is -2.41. The first-order valence-corrected chi connectivity index (χ1v) is 11.6. The third kappa shape index (κ3) is 6.57. The van der Waals surface area contributed by atoms with Crippen molar-refractivity contribution in [2.45, 2.75) is 52.0 Å². The Morgan fingerprint density at radius 2 is 1.67 bits per heavy atom. The predicted molar refractivity (Wildman–Crippen MR) is 120 cm³/mol. The van der Waals surface area contributed by atoms with Crippen molar-refractivity contribution in [2.75, 3.05) is 24.0 Å². The van der Waals surface area contributed by atoms with E-state index in [1.807, 2.05) is 46.8 Å². The fourth-order valence-corrected chi connectivity index (χ4v) is 4.51. The second kappa shape index (κ2) is 10.6. The maximum atomic E-state index is 13.4. The van der Waals surface area contributed by atoms with Gasteiger partial charge in [0.1, 0.15) is 6.54 Å². The summed E-state index contributed by atoms with van der Waals surface area (Å²) in [6, 6.07) is 12.2. The standard InChI is InChI=1S/C23H32N2O4S/c1-17(2)29-14-6-13-24-23(26)16-25(22-12-9-19(4)15-20(22)5)30(27,28)21-10-7-18(3)8-11-21/h7-12,15,17H,6,13-14,16H2,1-5H3,(H,24,26). The summed E-state index contributed by atoms with van der Waals surface area (Å²) in [5.41, 5.74) is 3.29. The molecule has 0 aromatic heterocycles. The van der Waals surface area contributed by atoms with Crippen molar-refractivity contribution in [3.8, 4) is 0 Å². The smallest absolute Gasteiger partial charge is 0.264 e. The van der Waals surface area contributed by atoms with Gasteiger partial charge in [0, 0.05) is 13.2 Å². The van der Waals surface area contributed by atoms with E-state index in [2.05, 4.69) is 5.32 Å². The molecule has 0 fully saturated rings. The number of aryl methyl sites for hydroxylation is 3. The number of carbonyl (C=O) groups excluding carboxylic acids is 1. The summed E-state index contributed by atoms with van der Waals surface area (Å²) < 4.78 is 33.4. The lowest BCUT2D eigenvalue weighted by Gasteiger charge is -2.26. The quantitative estimate of drug-likeness (QED) is 0.581. The second-order valence-electron chi connectivity index (χ2n) is 7.74. The predicted octanol–water partition coefficient (Wildman–Crippen LogP) is 3.74. The Bertz CT molecular complexity index is 954. The van der Waals surface area contributed by atoms with E-state index < -0.39 is 10.0 Å². The monoisotopic (exact) mass is 432 g/mol. The average molecular weight is 433 g/mol. The van der Waals surface area contributed by atoms with Gasteiger partial charge in [-0.15, -0.1) is 0 Å². The van der Waals surface area contributed by atoms with Crippen molar-refractivity contribution >= 4 is 21.6 Å². The number of hydrogen-bond donors (Lipinski definition) is 1. The van der Waals surface area contributed by atoms with Gasteiger partial charge in [0.05, 0.1) is 16.7 Å². The summed E-state index contributed by atoms with van der Waals surface area (Å²) in [5.74, 6) is -0.352. The first-order valence-electron chi connectivity index (χ1n) is 10.2. The summed E-state index contributed by atoms with van der Waals surface area (Å²) in [7, 11) is -3.90. The largest absolute Gasteiger partial charge is 0.379 e. The van der Waals surface area contributed by atoms with Crippen LogP contribution in [0.4, 0.5) is 5.69 Å². The highest BCUT2D eigenvalue weighted by Gasteiger charge is 2.28. The molecule has 0 spiro atoms. The molecule has 164 valence electrons. The van der Waals surface area contributed by atoms with Gasteiger partial charge in [-0.25, -0.2) is 8.42 Å². The van der Waals surface area contributed by atoms with Crippen molar-refractivity contribution in [2.24, 2.45) is 0 Å². The van der Waals surface area contributed by atoms with E-state index in [1.54, 1.807) is 30.3 Å². The highest BCUT2D eigenvalue weighted by Crippen LogP contribution is 2.27. The zero-order chi connectivity index (χ0) is 22.3. The van der Waals surface area contributed by atoms with E-state index in [0.717, 1.165) is 16.7 Å². The molecule has 0 bridgehead atoms. The van der Waals surface area contributed by atoms with Crippen LogP contribution in [0.3, 0.4) is 0 Å². The lowest BCUT2D eigenvalue weighted by atomic mass is 10.1. The van der Waals surface area contributed by atoms with Gasteiger partial charge in [-0.1, -0.05) is 35.4 Å². The van der Waals surface area contributed by atoms with E-state index in [4.69, 9.17) is 4.74 Å². The molecule has 30 heavy (non-hydrogen) atoms. The van der Waals surface area contributed by atoms with Crippen LogP contribution in [0.5, 0.6) is 0 Å². The molecule has 0 aliphatic carbocycles. The number of ether oxygens (including phenoxy) is 1. The van der Waals surface area contributed by atoms with Crippen LogP contribution >= 0.6 is 0 Å². The molecular weight excluding hydrogens is 400 g/mol. The number of hydrogen-bond acceptors (Lipinski definition) is 4. The summed E-state index contributed by atoms with van der Waals surface area (Å²) >= 11 is 0. The van der Waals surface area contributed by atoms with E-state index >= 15 is 0 Å². The van der Waals surface area contributed by atoms with Gasteiger partial charge in [-0.2, -0.15) is 0 Å². The van der Waals surface area contributed by atoms with Gasteiger partial charge in [-0.05, 0) is 64.8 Å². The topological polar surface area (TPSA) is 75.7 Å². The molecule has 0 unspecified atom stereocenters. The Hall–Kier alpha value is -2.38. The fourth-order valence-electron chi connectivity index (χ4n) is 3.03. The first kappa shape index (κ1) is 23.9. The molecule has 2 rings (SSSR count). The molecule has 2 aromatic carbocycles. The Balaban J connectivity index is 2.24. The van der Waals surface area contributed by atoms with Crippen LogP contribution in [-0.2, 0) is 19.6 Å². The van der Waals surface area contributed by atoms with Gasteiger partial charge in [0.2, 0.25) is 5.91 Å². The van der Waals surface area contributed by atoms with Crippen LogP contribution in [0.2, 0.25) is 0 Å². The minimum Gasteiger partial charge on any atom is -0.379 e. The Kier molecular flexibility index (Phi) is 8.43. The number of rotatable bonds is 10. The minimum atomic E-state index is -3.90. The average Bonchev–Trinajstić information content (AvgIpc) is 2.66. The summed E-state index contributed by atoms with van der Waals surface area (Å²) in [4.78, 5) is 12.7. The number of sulfonamides is 1. The third-order valence-corrected chi connectivity index (χ3v) is 6.39. The number of anilines is 1. The van der Waals surface area contributed by atoms with Crippen molar-refractivity contribution in [3.05, 3.63) is 59.2 Å². The number of amides is 1. The highest BCUT2D eigenvalue weighted by atomic mass is 32.2. The van der Waals surface area contributed by atoms with Crippen molar-refractivity contribution in [1.82, 2.24) is 5.32 Å². The van der Waals surface area contributed by atoms with E-state index in [1.165, 1.54) is 4.31 Å². The Morgan fingerprint density at radius 3 is 2.27 bits per heavy atom. The van der Waals surface area contributed by atoms with Crippen LogP contribution < -0.4 is 9.62 Å². The van der Waals surface area contributed by atoms with Gasteiger partial charge < -0.3 is 10.1 Å². The third-order valence-electron chi connectivity index (χ3n) is 4.61. The molecule has 0 aliphatic heterocycles. The van der Waals surface area contributed by atoms with Crippen LogP contribution in [0, 0.1) is 20.8 Å². The summed E-state index contributed by atoms with van der Waals surface area (Å²) in [5, 5.41) is 2.80. The molecule has 0 saturated heterocycles.